The number of piperidine rings is 2. The molecule has 4 bridgehead atoms. The maximum atomic E-state index is 2.77. The summed E-state index contributed by atoms with van der Waals surface area (Å²) in [6, 6.07) is 11.4. The van der Waals surface area contributed by atoms with E-state index in [0.717, 1.165) is 12.0 Å². The fourth-order valence-electron chi connectivity index (χ4n) is 8.30. The van der Waals surface area contributed by atoms with Crippen LogP contribution in [-0.2, 0) is 14.1 Å². The van der Waals surface area contributed by atoms with E-state index < -0.39 is 0 Å². The van der Waals surface area contributed by atoms with Crippen molar-refractivity contribution >= 4 is 11.6 Å². The first kappa shape index (κ1) is 18.9. The van der Waals surface area contributed by atoms with Crippen LogP contribution in [0.15, 0.2) is 30.5 Å². The summed E-state index contributed by atoms with van der Waals surface area (Å²) in [6.07, 6.45) is 8.91. The van der Waals surface area contributed by atoms with Crippen molar-refractivity contribution in [2.45, 2.75) is 89.4 Å². The van der Waals surface area contributed by atoms with Crippen LogP contribution in [0, 0.1) is 11.3 Å². The molecule has 4 heterocycles. The molecule has 30 heavy (non-hydrogen) atoms. The Morgan fingerprint density at radius 1 is 0.967 bits per heavy atom. The van der Waals surface area contributed by atoms with Gasteiger partial charge in [0, 0.05) is 55.6 Å². The highest BCUT2D eigenvalue weighted by atomic mass is 15.3. The fourth-order valence-corrected chi connectivity index (χ4v) is 8.30. The topological polar surface area (TPSA) is 16.3 Å². The van der Waals surface area contributed by atoms with Gasteiger partial charge < -0.3 is 18.9 Å². The lowest BCUT2D eigenvalue weighted by Crippen LogP contribution is -2.49. The van der Waals surface area contributed by atoms with Gasteiger partial charge in [0.15, 0.2) is 0 Å². The summed E-state index contributed by atoms with van der Waals surface area (Å²) in [7, 11) is 4.52. The van der Waals surface area contributed by atoms with Crippen molar-refractivity contribution in [2.75, 3.05) is 9.80 Å². The zero-order valence-corrected chi connectivity index (χ0v) is 19.6. The van der Waals surface area contributed by atoms with Crippen LogP contribution in [0.25, 0.3) is 0 Å². The molecule has 7 atom stereocenters. The average molecular weight is 407 g/mol. The fraction of sp³-hybridized carbons (Fsp3) is 0.692. The van der Waals surface area contributed by atoms with E-state index in [1.807, 2.05) is 0 Å². The molecule has 2 aromatic rings. The Morgan fingerprint density at radius 2 is 1.77 bits per heavy atom. The minimum absolute atomic E-state index is 0.263. The highest BCUT2D eigenvalue weighted by Gasteiger charge is 2.58. The van der Waals surface area contributed by atoms with E-state index in [4.69, 9.17) is 0 Å². The Balaban J connectivity index is 1.31. The lowest BCUT2D eigenvalue weighted by molar-refractivity contribution is 0.294. The monoisotopic (exact) mass is 406 g/mol. The van der Waals surface area contributed by atoms with Crippen LogP contribution < -0.4 is 9.80 Å². The number of nitrogens with zero attached hydrogens (tertiary/aromatic N) is 4. The Labute approximate surface area is 181 Å². The summed E-state index contributed by atoms with van der Waals surface area (Å²) in [5, 5.41) is 0. The summed E-state index contributed by atoms with van der Waals surface area (Å²) < 4.78 is 4.86. The van der Waals surface area contributed by atoms with Gasteiger partial charge in [-0.05, 0) is 88.5 Å². The molecule has 2 saturated carbocycles. The molecule has 4 nitrogen and oxygen atoms in total. The molecule has 2 aromatic heterocycles. The second kappa shape index (κ2) is 5.89. The number of hydrogen-bond acceptors (Lipinski definition) is 2. The Kier molecular flexibility index (Phi) is 3.71. The number of rotatable bonds is 3. The predicted molar refractivity (Wildman–Crippen MR) is 124 cm³/mol. The minimum atomic E-state index is 0.263. The Hall–Kier alpha value is -1.84. The summed E-state index contributed by atoms with van der Waals surface area (Å²) in [6.45, 7) is 9.94. The van der Waals surface area contributed by atoms with Gasteiger partial charge in [0.1, 0.15) is 11.6 Å². The maximum Gasteiger partial charge on any atom is 0.108 e. The van der Waals surface area contributed by atoms with Gasteiger partial charge >= 0.3 is 0 Å². The van der Waals surface area contributed by atoms with Gasteiger partial charge in [-0.25, -0.2) is 0 Å². The van der Waals surface area contributed by atoms with Gasteiger partial charge in [-0.1, -0.05) is 6.92 Å². The molecular formula is C26H38N4. The third-order valence-corrected chi connectivity index (χ3v) is 9.97. The highest BCUT2D eigenvalue weighted by molar-refractivity contribution is 5.53. The number of anilines is 2. The van der Waals surface area contributed by atoms with Crippen molar-refractivity contribution in [1.82, 2.24) is 9.13 Å². The lowest BCUT2D eigenvalue weighted by atomic mass is 9.83. The minimum Gasteiger partial charge on any atom is -0.352 e. The highest BCUT2D eigenvalue weighted by Crippen LogP contribution is 2.59. The normalized spacial score (nSPS) is 42.1. The molecule has 5 unspecified atom stereocenters. The van der Waals surface area contributed by atoms with E-state index in [9.17, 15) is 0 Å². The van der Waals surface area contributed by atoms with E-state index in [0.29, 0.717) is 23.4 Å². The van der Waals surface area contributed by atoms with Gasteiger partial charge in [0.05, 0.1) is 0 Å². The van der Waals surface area contributed by atoms with E-state index in [1.54, 1.807) is 5.69 Å². The van der Waals surface area contributed by atoms with Crippen LogP contribution in [0.3, 0.4) is 0 Å². The van der Waals surface area contributed by atoms with E-state index >= 15 is 0 Å². The zero-order valence-electron chi connectivity index (χ0n) is 19.6. The standard InChI is InChI=1S/C26H38N4/c1-17-20-15-26(4,30(17)23-8-7-13-27(23)5)16-21(20)22-9-10-24(28(22)6)29-18(2)25(3)12-11-19(29)14-25/h7-10,13,17-21H,11-12,14-16H2,1-6H3/t17-,18-,19?,20?,21?,25?,26?/m0/s1. The third-order valence-electron chi connectivity index (χ3n) is 9.97. The molecule has 0 amide bonds. The van der Waals surface area contributed by atoms with Gasteiger partial charge in [0.2, 0.25) is 0 Å². The second-order valence-electron chi connectivity index (χ2n) is 11.6. The Bertz CT molecular complexity index is 987. The molecule has 0 radical (unpaired) electrons. The quantitative estimate of drug-likeness (QED) is 0.688. The molecule has 2 saturated heterocycles. The van der Waals surface area contributed by atoms with Crippen molar-refractivity contribution < 1.29 is 0 Å². The number of fused-ring (bicyclic) bond motifs is 4. The molecular weight excluding hydrogens is 368 g/mol. The molecule has 162 valence electrons. The van der Waals surface area contributed by atoms with Crippen molar-refractivity contribution in [2.24, 2.45) is 25.4 Å². The first-order valence-corrected chi connectivity index (χ1v) is 12.1. The number of aromatic nitrogens is 2. The smallest absolute Gasteiger partial charge is 0.108 e. The summed E-state index contributed by atoms with van der Waals surface area (Å²) in [5.74, 6) is 4.25. The summed E-state index contributed by atoms with van der Waals surface area (Å²) in [5.41, 5.74) is 2.34. The molecule has 0 spiro atoms. The average Bonchev–Trinajstić information content (AvgIpc) is 3.49. The summed E-state index contributed by atoms with van der Waals surface area (Å²) in [4.78, 5) is 5.49. The predicted octanol–water partition coefficient (Wildman–Crippen LogP) is 5.29. The summed E-state index contributed by atoms with van der Waals surface area (Å²) >= 11 is 0. The maximum absolute atomic E-state index is 2.77. The number of aryl methyl sites for hydroxylation is 1. The van der Waals surface area contributed by atoms with Gasteiger partial charge in [-0.2, -0.15) is 0 Å². The Morgan fingerprint density at radius 3 is 2.40 bits per heavy atom. The van der Waals surface area contributed by atoms with Crippen LogP contribution >= 0.6 is 0 Å². The molecule has 4 aliphatic rings. The molecule has 4 heteroatoms. The van der Waals surface area contributed by atoms with E-state index in [1.165, 1.54) is 43.7 Å². The largest absolute Gasteiger partial charge is 0.352 e. The first-order chi connectivity index (χ1) is 14.2. The van der Waals surface area contributed by atoms with Gasteiger partial charge in [-0.3, -0.25) is 0 Å². The van der Waals surface area contributed by atoms with Crippen LogP contribution in [0.5, 0.6) is 0 Å². The molecule has 6 rings (SSSR count). The van der Waals surface area contributed by atoms with Crippen LogP contribution in [0.2, 0.25) is 0 Å². The SMILES string of the molecule is C[C@@H]1N(c2ccc(C3CC4(C)CC3[C@H](C)N4c3cccn3C)n2C)C2CCC1(C)C2. The van der Waals surface area contributed by atoms with Crippen LogP contribution in [-0.4, -0.2) is 32.8 Å². The molecule has 4 fully saturated rings. The van der Waals surface area contributed by atoms with Crippen molar-refractivity contribution in [1.29, 1.82) is 0 Å². The second-order valence-corrected chi connectivity index (χ2v) is 11.6. The van der Waals surface area contributed by atoms with E-state index in [-0.39, 0.29) is 5.54 Å². The van der Waals surface area contributed by atoms with Gasteiger partial charge in [0.25, 0.3) is 0 Å². The van der Waals surface area contributed by atoms with Gasteiger partial charge in [-0.15, -0.1) is 0 Å². The molecule has 2 aliphatic heterocycles. The third kappa shape index (κ3) is 2.23. The van der Waals surface area contributed by atoms with Crippen molar-refractivity contribution in [3.8, 4) is 0 Å². The lowest BCUT2D eigenvalue weighted by Gasteiger charge is -2.45. The van der Waals surface area contributed by atoms with E-state index in [2.05, 4.69) is 91.2 Å². The number of hydrogen-bond donors (Lipinski definition) is 0. The first-order valence-electron chi connectivity index (χ1n) is 12.1. The molecule has 0 aromatic carbocycles. The molecule has 0 N–H and O–H groups in total. The van der Waals surface area contributed by atoms with Crippen LogP contribution in [0.4, 0.5) is 11.6 Å². The van der Waals surface area contributed by atoms with Crippen molar-refractivity contribution in [3.05, 3.63) is 36.2 Å². The molecule has 2 aliphatic carbocycles. The van der Waals surface area contributed by atoms with Crippen molar-refractivity contribution in [3.63, 3.8) is 0 Å². The van der Waals surface area contributed by atoms with Crippen LogP contribution in [0.1, 0.15) is 71.4 Å². The zero-order chi connectivity index (χ0) is 21.0.